The van der Waals surface area contributed by atoms with Crippen LogP contribution in [0.4, 0.5) is 0 Å². The summed E-state index contributed by atoms with van der Waals surface area (Å²) < 4.78 is 672. The molecule has 0 saturated heterocycles. The number of carbonyl (C=O) groups excluding carboxylic acids is 2. The SMILES string of the molecule is [2H]/C(=C(\[2H])C([2H])([2H])C([2H])([2H])C([2H])([2H])C([2H])([2H])C([2H])([2H])C([2H])([2H])C([2H])([2H])C([2H])([2H])[2H])C([2H])([2H])C([2H])([2H])C([2H])([2H])C([2H])([2H])C([2H])([2H])C([2H])([2H])C([2H])([2H])C(=O)OC[C@H](COP(=O)([O-])OC([2H])([2H])C([2H])([2H])[N+](C([2H])([2H])[2H])(C([2H])([2H])[2H])C([2H])([2H])[2H])OC(=O)C([2H])([2H])C([2H])([2H])C([2H])([2H])C([2H])([2H])C([2H])([2H])C([2H])([2H])C([2H])([2H])/C([2H])=C(/[2H])C([2H])([2H])C([2H])([2H])C([2H])([2H])C([2H])([2H])C([2H])([2H])C([2H])([2H])C([2H])([2H])C([2H])([2H])[2H]. The normalized spacial score (nSPS) is 45.3. The van der Waals surface area contributed by atoms with Crippen LogP contribution < -0.4 is 4.89 Å². The van der Waals surface area contributed by atoms with Gasteiger partial charge in [-0.2, -0.15) is 0 Å². The highest BCUT2D eigenvalue weighted by Gasteiger charge is 2.21. The summed E-state index contributed by atoms with van der Waals surface area (Å²) in [6, 6.07) is -11.7. The van der Waals surface area contributed by atoms with Gasteiger partial charge < -0.3 is 27.9 Å². The molecule has 0 heterocycles. The van der Waals surface area contributed by atoms with Crippen molar-refractivity contribution in [2.45, 2.75) is 198 Å². The summed E-state index contributed by atoms with van der Waals surface area (Å²) >= 11 is 0. The van der Waals surface area contributed by atoms with Crippen molar-refractivity contribution in [1.29, 1.82) is 0 Å². The van der Waals surface area contributed by atoms with Crippen molar-refractivity contribution in [3.8, 4) is 0 Å². The van der Waals surface area contributed by atoms with E-state index in [1.54, 1.807) is 0 Å². The molecule has 0 saturated carbocycles. The van der Waals surface area contributed by atoms with Crippen molar-refractivity contribution >= 4 is 19.8 Å². The van der Waals surface area contributed by atoms with Crippen LogP contribution in [0.1, 0.15) is 300 Å². The Morgan fingerprint density at radius 2 is 1.06 bits per heavy atom. The topological polar surface area (TPSA) is 111 Å². The third kappa shape index (κ3) is 40.2. The van der Waals surface area contributed by atoms with Gasteiger partial charge in [0.15, 0.2) is 6.10 Å². The predicted molar refractivity (Wildman–Crippen MR) is 222 cm³/mol. The molecular weight excluding hydrogens is 701 g/mol. The average molecular weight is 866 g/mol. The number of hydrogen-bond donors (Lipinski definition) is 0. The molecule has 0 rings (SSSR count). The number of phosphoric acid groups is 1. The van der Waals surface area contributed by atoms with E-state index >= 15 is 0 Å². The fourth-order valence-corrected chi connectivity index (χ4v) is 2.38. The summed E-state index contributed by atoms with van der Waals surface area (Å²) in [4.78, 5) is 41.8. The summed E-state index contributed by atoms with van der Waals surface area (Å²) in [7, 11) is -7.47. The minimum atomic E-state index is -7.47. The van der Waals surface area contributed by atoms with Crippen LogP contribution in [0.2, 0.25) is 0 Å². The molecule has 0 bridgehead atoms. The Bertz CT molecular complexity index is 4280. The first kappa shape index (κ1) is 8.17. The highest BCUT2D eigenvalue weighted by atomic mass is 31.2. The number of ether oxygens (including phenoxy) is 2. The highest BCUT2D eigenvalue weighted by Crippen LogP contribution is 2.38. The van der Waals surface area contributed by atoms with Gasteiger partial charge >= 0.3 is 11.9 Å². The van der Waals surface area contributed by atoms with Crippen LogP contribution in [0.5, 0.6) is 0 Å². The van der Waals surface area contributed by atoms with Crippen molar-refractivity contribution in [3.05, 3.63) is 24.2 Å². The number of phosphoric ester groups is 1. The Balaban J connectivity index is 9.00. The Hall–Kier alpha value is -1.51. The molecule has 0 amide bonds. The van der Waals surface area contributed by atoms with Crippen LogP contribution in [0.25, 0.3) is 0 Å². The lowest BCUT2D eigenvalue weighted by Gasteiger charge is -2.28. The van der Waals surface area contributed by atoms with Crippen LogP contribution in [-0.4, -0.2) is 69.7 Å². The molecule has 0 radical (unpaired) electrons. The molecule has 54 heavy (non-hydrogen) atoms. The molecule has 0 fully saturated rings. The Labute approximate surface area is 443 Å². The molecule has 0 spiro atoms. The van der Waals surface area contributed by atoms with Crippen LogP contribution in [0.15, 0.2) is 24.2 Å². The number of allylic oxidation sites excluding steroid dienone is 4. The van der Waals surface area contributed by atoms with Crippen LogP contribution in [-0.2, 0) is 32.7 Å². The van der Waals surface area contributed by atoms with Gasteiger partial charge in [-0.25, -0.2) is 0 Å². The molecule has 9 nitrogen and oxygen atoms in total. The molecule has 0 aliphatic carbocycles. The zero-order chi connectivity index (χ0) is 110. The molecule has 318 valence electrons. The summed E-state index contributed by atoms with van der Waals surface area (Å²) in [5.41, 5.74) is 0. The first-order chi connectivity index (χ1) is 56.2. The van der Waals surface area contributed by atoms with Gasteiger partial charge in [-0.3, -0.25) is 14.2 Å². The number of nitrogens with zero attached hydrogens (tertiary/aromatic N) is 1. The quantitative estimate of drug-likeness (QED) is 0.0259. The van der Waals surface area contributed by atoms with Crippen molar-refractivity contribution in [2.24, 2.45) is 0 Å². The second-order valence-electron chi connectivity index (χ2n) is 7.34. The lowest BCUT2D eigenvalue weighted by atomic mass is 10.1. The fraction of sp³-hybridized carbons (Fsp3) is 0.864. The number of esters is 2. The molecule has 0 aromatic carbocycles. The maximum atomic E-state index is 14.2. The third-order valence-corrected chi connectivity index (χ3v) is 4.32. The number of likely N-dealkylation sites (N-methyl/N-ethyl adjacent to an activating group) is 1. The van der Waals surface area contributed by atoms with Crippen LogP contribution in [0, 0.1) is 0 Å². The number of quaternary nitrogens is 1. The summed E-state index contributed by atoms with van der Waals surface area (Å²) in [5, 5.41) is 0. The van der Waals surface area contributed by atoms with Gasteiger partial charge in [-0.05, 0) is 63.7 Å². The molecule has 0 aliphatic rings. The van der Waals surface area contributed by atoms with Gasteiger partial charge in [0.25, 0.3) is 7.82 Å². The van der Waals surface area contributed by atoms with E-state index in [1.807, 2.05) is 0 Å². The molecule has 0 aromatic rings. The molecular formula is C44H84NO8P. The fourth-order valence-electron chi connectivity index (χ4n) is 1.82. The first-order valence-corrected chi connectivity index (χ1v) is 14.5. The van der Waals surface area contributed by atoms with E-state index < -0.39 is 294 Å². The van der Waals surface area contributed by atoms with Gasteiger partial charge in [-0.15, -0.1) is 0 Å². The van der Waals surface area contributed by atoms with E-state index in [9.17, 15) is 19.0 Å². The lowest BCUT2D eigenvalue weighted by Crippen LogP contribution is -2.37. The lowest BCUT2D eigenvalue weighted by molar-refractivity contribution is -0.870. The standard InChI is InChI=1S/C44H84NO8P/c1-6-8-10-12-14-16-18-20-22-24-26-28-30-32-34-36-43(46)50-40-42(41-52-54(48,49)51-39-38-45(3,4)5)53-44(47)37-35-33-31-29-27-25-23-21-19-17-15-13-11-9-7-2/h20-23,42H,6-19,24-41H2,1-5H3/b22-20-,23-21-/t42-/m1/s1/i1D3,2D3,3D3,4D3,5D3,6D2,7D2,8D2,9D2,10D2,11D2,12D2,13D2,14D2,15D2,16D2,17D2,18D2,19D2,20D,21D,22D,23D,24D2,25D2,26D2,27D2,28D2,29D2,30D2,31D2,32D2,33D2,34D2,35D2,36D2,37D2,38D2,39D2. The van der Waals surface area contributed by atoms with Gasteiger partial charge in [0, 0.05) is 97.7 Å². The molecule has 2 atom stereocenters. The second kappa shape index (κ2) is 37.1. The average Bonchev–Trinajstić information content (AvgIpc) is 0.685. The van der Waals surface area contributed by atoms with E-state index in [4.69, 9.17) is 108 Å². The Kier molecular flexibility index (Phi) is 5.61. The Morgan fingerprint density at radius 3 is 1.52 bits per heavy atom. The van der Waals surface area contributed by atoms with Crippen molar-refractivity contribution < 1.29 is 150 Å². The smallest absolute Gasteiger partial charge is 0.306 e. The van der Waals surface area contributed by atoms with E-state index in [0.717, 1.165) is 0 Å². The number of carbonyl (C=O) groups is 2. The van der Waals surface area contributed by atoms with Crippen LogP contribution >= 0.6 is 7.82 Å². The maximum absolute atomic E-state index is 14.2. The van der Waals surface area contributed by atoms with Gasteiger partial charge in [0.05, 0.1) is 50.8 Å². The van der Waals surface area contributed by atoms with E-state index in [1.165, 1.54) is 0 Å². The highest BCUT2D eigenvalue weighted by molar-refractivity contribution is 7.45. The number of hydrogen-bond acceptors (Lipinski definition) is 8. The molecule has 0 N–H and O–H groups in total. The van der Waals surface area contributed by atoms with Crippen molar-refractivity contribution in [3.63, 3.8) is 0 Å². The minimum absolute atomic E-state index is 2.69. The summed E-state index contributed by atoms with van der Waals surface area (Å²) in [6.07, 6.45) is -151. The summed E-state index contributed by atoms with van der Waals surface area (Å²) in [5.74, 6) is -6.76. The predicted octanol–water partition coefficient (Wildman–Crippen LogP) is 11.7. The number of rotatable bonds is 40. The van der Waals surface area contributed by atoms with E-state index in [-0.39, 0.29) is 0 Å². The molecule has 1 unspecified atom stereocenters. The van der Waals surface area contributed by atoms with E-state index in [2.05, 4.69) is 18.5 Å². The zero-order valence-corrected chi connectivity index (χ0v) is 27.5. The third-order valence-electron chi connectivity index (χ3n) is 3.54. The molecule has 0 aliphatic heterocycles. The monoisotopic (exact) mass is 865 g/mol. The van der Waals surface area contributed by atoms with Crippen LogP contribution in [0.3, 0.4) is 0 Å². The minimum Gasteiger partial charge on any atom is -0.756 e. The zero-order valence-electron chi connectivity index (χ0n) is 106. The molecule has 10 heteroatoms. The van der Waals surface area contributed by atoms with E-state index in [0.29, 0.717) is 0 Å². The Morgan fingerprint density at radius 1 is 0.630 bits per heavy atom. The largest absolute Gasteiger partial charge is 0.756 e. The molecule has 0 aromatic heterocycles. The van der Waals surface area contributed by atoms with Crippen molar-refractivity contribution in [1.82, 2.24) is 0 Å². The maximum Gasteiger partial charge on any atom is 0.306 e. The van der Waals surface area contributed by atoms with Gasteiger partial charge in [0.1, 0.15) is 19.7 Å². The first-order valence-electron chi connectivity index (χ1n) is 52.5. The van der Waals surface area contributed by atoms with Gasteiger partial charge in [-0.1, -0.05) is 140 Å². The second-order valence-corrected chi connectivity index (χ2v) is 8.68. The summed E-state index contributed by atoms with van der Waals surface area (Å²) in [6.45, 7) is -39.6. The van der Waals surface area contributed by atoms with Crippen molar-refractivity contribution in [2.75, 3.05) is 47.2 Å². The van der Waals surface area contributed by atoms with Gasteiger partial charge in [0.2, 0.25) is 0 Å².